The molecule has 0 spiro atoms. The zero-order valence-corrected chi connectivity index (χ0v) is 8.12. The molecule has 0 radical (unpaired) electrons. The maximum atomic E-state index is 9.31. The van der Waals surface area contributed by atoms with E-state index in [1.807, 2.05) is 0 Å². The number of hydrogen-bond acceptors (Lipinski definition) is 2. The quantitative estimate of drug-likeness (QED) is 0.596. The lowest BCUT2D eigenvalue weighted by Crippen LogP contribution is -2.26. The first-order chi connectivity index (χ1) is 5.72. The van der Waals surface area contributed by atoms with E-state index < -0.39 is 0 Å². The Morgan fingerprint density at radius 1 is 1.58 bits per heavy atom. The summed E-state index contributed by atoms with van der Waals surface area (Å²) < 4.78 is 5.39. The zero-order chi connectivity index (χ0) is 9.40. The first-order valence-corrected chi connectivity index (χ1v) is 4.63. The van der Waals surface area contributed by atoms with Crippen molar-refractivity contribution >= 4 is 0 Å². The summed E-state index contributed by atoms with van der Waals surface area (Å²) in [7, 11) is 0. The highest BCUT2D eigenvalue weighted by atomic mass is 16.5. The second-order valence-corrected chi connectivity index (χ2v) is 3.04. The molecule has 72 valence electrons. The molecule has 0 heterocycles. The van der Waals surface area contributed by atoms with E-state index in [9.17, 15) is 5.11 Å². The van der Waals surface area contributed by atoms with Gasteiger partial charge in [0, 0.05) is 0 Å². The minimum absolute atomic E-state index is 0.0250. The van der Waals surface area contributed by atoms with E-state index in [-0.39, 0.29) is 12.2 Å². The molecule has 2 nitrogen and oxygen atoms in total. The van der Waals surface area contributed by atoms with Crippen LogP contribution in [0.3, 0.4) is 0 Å². The zero-order valence-electron chi connectivity index (χ0n) is 8.12. The minimum Gasteiger partial charge on any atom is -0.391 e. The molecule has 0 saturated carbocycles. The molecule has 1 N–H and O–H groups in total. The second kappa shape index (κ2) is 7.32. The molecule has 0 aromatic heterocycles. The van der Waals surface area contributed by atoms with Crippen LogP contribution in [0.25, 0.3) is 0 Å². The van der Waals surface area contributed by atoms with E-state index in [2.05, 4.69) is 13.5 Å². The summed E-state index contributed by atoms with van der Waals surface area (Å²) >= 11 is 0. The first-order valence-electron chi connectivity index (χ1n) is 4.63. The van der Waals surface area contributed by atoms with Crippen molar-refractivity contribution in [2.45, 2.75) is 45.3 Å². The van der Waals surface area contributed by atoms with Gasteiger partial charge in [-0.05, 0) is 13.3 Å². The van der Waals surface area contributed by atoms with Gasteiger partial charge < -0.3 is 9.84 Å². The Kier molecular flexibility index (Phi) is 7.11. The van der Waals surface area contributed by atoms with Crippen molar-refractivity contribution in [2.24, 2.45) is 0 Å². The average molecular weight is 172 g/mol. The van der Waals surface area contributed by atoms with Gasteiger partial charge in [0.25, 0.3) is 0 Å². The van der Waals surface area contributed by atoms with Crippen molar-refractivity contribution in [3.8, 4) is 0 Å². The summed E-state index contributed by atoms with van der Waals surface area (Å²) in [4.78, 5) is 0. The monoisotopic (exact) mass is 172 g/mol. The lowest BCUT2D eigenvalue weighted by molar-refractivity contribution is -0.0230. The Balaban J connectivity index is 3.61. The summed E-state index contributed by atoms with van der Waals surface area (Å²) in [5.41, 5.74) is 0. The maximum Gasteiger partial charge on any atom is 0.0835 e. The summed E-state index contributed by atoms with van der Waals surface area (Å²) in [5, 5.41) is 9.31. The van der Waals surface area contributed by atoms with Crippen LogP contribution in [0.4, 0.5) is 0 Å². The number of hydrogen-bond donors (Lipinski definition) is 1. The van der Waals surface area contributed by atoms with E-state index in [0.717, 1.165) is 19.3 Å². The molecule has 0 aromatic rings. The van der Waals surface area contributed by atoms with Crippen molar-refractivity contribution in [2.75, 3.05) is 6.61 Å². The minimum atomic E-state index is -0.378. The van der Waals surface area contributed by atoms with Crippen LogP contribution in [-0.2, 0) is 4.74 Å². The standard InChI is InChI=1S/C10H20O2/c1-4-6-7-10(9(3)11)12-8-5-2/h5,9-11H,2,4,6-8H2,1,3H3. The Hall–Kier alpha value is -0.340. The molecule has 0 aromatic carbocycles. The molecule has 2 unspecified atom stereocenters. The largest absolute Gasteiger partial charge is 0.391 e. The van der Waals surface area contributed by atoms with Crippen molar-refractivity contribution in [1.29, 1.82) is 0 Å². The van der Waals surface area contributed by atoms with Gasteiger partial charge in [0.05, 0.1) is 18.8 Å². The lowest BCUT2D eigenvalue weighted by Gasteiger charge is -2.19. The molecule has 0 aliphatic rings. The molecule has 0 aliphatic heterocycles. The smallest absolute Gasteiger partial charge is 0.0835 e. The molecule has 0 rings (SSSR count). The topological polar surface area (TPSA) is 29.5 Å². The summed E-state index contributed by atoms with van der Waals surface area (Å²) in [6, 6.07) is 0. The van der Waals surface area contributed by atoms with E-state index in [0.29, 0.717) is 6.61 Å². The fourth-order valence-electron chi connectivity index (χ4n) is 1.06. The Morgan fingerprint density at radius 3 is 2.67 bits per heavy atom. The van der Waals surface area contributed by atoms with E-state index in [1.54, 1.807) is 13.0 Å². The summed E-state index contributed by atoms with van der Waals surface area (Å²) in [6.45, 7) is 7.99. The Labute approximate surface area is 75.2 Å². The number of aliphatic hydroxyl groups is 1. The van der Waals surface area contributed by atoms with Gasteiger partial charge in [-0.15, -0.1) is 6.58 Å². The van der Waals surface area contributed by atoms with Crippen LogP contribution in [-0.4, -0.2) is 23.9 Å². The SMILES string of the molecule is C=CCOC(CCCC)C(C)O. The van der Waals surface area contributed by atoms with E-state index in [4.69, 9.17) is 4.74 Å². The summed E-state index contributed by atoms with van der Waals surface area (Å²) in [5.74, 6) is 0. The van der Waals surface area contributed by atoms with Gasteiger partial charge in [0.2, 0.25) is 0 Å². The van der Waals surface area contributed by atoms with Crippen molar-refractivity contribution in [3.63, 3.8) is 0 Å². The number of ether oxygens (including phenoxy) is 1. The summed E-state index contributed by atoms with van der Waals surface area (Å²) in [6.07, 6.45) is 4.48. The third-order valence-electron chi connectivity index (χ3n) is 1.81. The predicted molar refractivity (Wildman–Crippen MR) is 51.1 cm³/mol. The normalized spacial score (nSPS) is 15.6. The van der Waals surface area contributed by atoms with E-state index >= 15 is 0 Å². The van der Waals surface area contributed by atoms with Crippen molar-refractivity contribution < 1.29 is 9.84 Å². The predicted octanol–water partition coefficient (Wildman–Crippen LogP) is 2.13. The van der Waals surface area contributed by atoms with Crippen molar-refractivity contribution in [3.05, 3.63) is 12.7 Å². The molecule has 0 fully saturated rings. The van der Waals surface area contributed by atoms with Crippen LogP contribution in [0.1, 0.15) is 33.1 Å². The number of aliphatic hydroxyl groups excluding tert-OH is 1. The number of unbranched alkanes of at least 4 members (excludes halogenated alkanes) is 1. The molecule has 0 amide bonds. The fraction of sp³-hybridized carbons (Fsp3) is 0.800. The third kappa shape index (κ3) is 5.33. The molecule has 2 atom stereocenters. The highest BCUT2D eigenvalue weighted by Gasteiger charge is 2.13. The lowest BCUT2D eigenvalue weighted by atomic mass is 10.1. The van der Waals surface area contributed by atoms with Crippen LogP contribution >= 0.6 is 0 Å². The van der Waals surface area contributed by atoms with Crippen LogP contribution in [0, 0.1) is 0 Å². The van der Waals surface area contributed by atoms with Gasteiger partial charge in [-0.3, -0.25) is 0 Å². The van der Waals surface area contributed by atoms with Crippen LogP contribution < -0.4 is 0 Å². The molecule has 2 heteroatoms. The van der Waals surface area contributed by atoms with Gasteiger partial charge in [-0.1, -0.05) is 25.8 Å². The van der Waals surface area contributed by atoms with Gasteiger partial charge in [-0.25, -0.2) is 0 Å². The van der Waals surface area contributed by atoms with E-state index in [1.165, 1.54) is 0 Å². The van der Waals surface area contributed by atoms with Gasteiger partial charge >= 0.3 is 0 Å². The molecular weight excluding hydrogens is 152 g/mol. The highest BCUT2D eigenvalue weighted by molar-refractivity contribution is 4.70. The number of rotatable bonds is 7. The average Bonchev–Trinajstić information content (AvgIpc) is 2.04. The fourth-order valence-corrected chi connectivity index (χ4v) is 1.06. The van der Waals surface area contributed by atoms with Crippen LogP contribution in [0.15, 0.2) is 12.7 Å². The Bertz CT molecular complexity index is 110. The van der Waals surface area contributed by atoms with Crippen LogP contribution in [0.2, 0.25) is 0 Å². The third-order valence-corrected chi connectivity index (χ3v) is 1.81. The van der Waals surface area contributed by atoms with Gasteiger partial charge in [0.1, 0.15) is 0 Å². The van der Waals surface area contributed by atoms with Gasteiger partial charge in [0.15, 0.2) is 0 Å². The highest BCUT2D eigenvalue weighted by Crippen LogP contribution is 2.08. The first kappa shape index (κ1) is 11.7. The molecule has 0 aliphatic carbocycles. The maximum absolute atomic E-state index is 9.31. The molecule has 0 saturated heterocycles. The van der Waals surface area contributed by atoms with Crippen LogP contribution in [0.5, 0.6) is 0 Å². The van der Waals surface area contributed by atoms with Crippen molar-refractivity contribution in [1.82, 2.24) is 0 Å². The van der Waals surface area contributed by atoms with Gasteiger partial charge in [-0.2, -0.15) is 0 Å². The molecule has 12 heavy (non-hydrogen) atoms. The Morgan fingerprint density at radius 2 is 2.25 bits per heavy atom. The molecule has 0 bridgehead atoms. The molecular formula is C10H20O2. The second-order valence-electron chi connectivity index (χ2n) is 3.04.